The molecule has 0 saturated carbocycles. The number of aromatic nitrogens is 1. The highest BCUT2D eigenvalue weighted by molar-refractivity contribution is 6.30. The van der Waals surface area contributed by atoms with Crippen LogP contribution in [0, 0.1) is 11.3 Å². The normalized spacial score (nSPS) is 15.2. The number of guanidine groups is 1. The van der Waals surface area contributed by atoms with E-state index in [0.29, 0.717) is 57.4 Å². The van der Waals surface area contributed by atoms with Gasteiger partial charge in [0.1, 0.15) is 66.2 Å². The number of para-hydroxylation sites is 1. The maximum Gasteiger partial charge on any atom is 0.312 e. The molecule has 21 N–H and O–H groups in total. The number of halogens is 1. The minimum Gasteiger partial charge on any atom is -0.508 e. The van der Waals surface area contributed by atoms with Crippen molar-refractivity contribution >= 4 is 110 Å². The molecule has 5 aromatic carbocycles. The van der Waals surface area contributed by atoms with E-state index in [-0.39, 0.29) is 95.0 Å². The van der Waals surface area contributed by atoms with Gasteiger partial charge in [-0.1, -0.05) is 110 Å². The number of urea groups is 1. The number of amides is 13. The number of carbonyl (C=O) groups is 12. The molecule has 6 aromatic rings. The fraction of sp³-hybridized carbons (Fsp3) is 0.419. The number of aliphatic hydroxyl groups is 1. The molecule has 1 saturated heterocycles. The van der Waals surface area contributed by atoms with E-state index in [4.69, 9.17) is 34.2 Å². The molecule has 7 rings (SSSR count). The van der Waals surface area contributed by atoms with Crippen molar-refractivity contribution in [3.05, 3.63) is 149 Å². The molecule has 0 aliphatic carbocycles. The molecular formula is C74H96ClN17O14. The number of phenols is 1. The van der Waals surface area contributed by atoms with Crippen molar-refractivity contribution in [3.8, 4) is 5.75 Å². The summed E-state index contributed by atoms with van der Waals surface area (Å²) < 4.78 is 0. The number of unbranched alkanes of at least 4 members (excludes halogenated alkanes) is 1. The van der Waals surface area contributed by atoms with Crippen molar-refractivity contribution < 1.29 is 67.7 Å². The Labute approximate surface area is 618 Å². The van der Waals surface area contributed by atoms with Crippen LogP contribution in [0.4, 0.5) is 4.79 Å². The number of hydrogen-bond donors (Lipinski definition) is 18. The zero-order valence-electron chi connectivity index (χ0n) is 59.6. The predicted octanol–water partition coefficient (Wildman–Crippen LogP) is 0.970. The van der Waals surface area contributed by atoms with Gasteiger partial charge in [0.25, 0.3) is 0 Å². The fourth-order valence-electron chi connectivity index (χ4n) is 12.4. The Morgan fingerprint density at radius 2 is 1.06 bits per heavy atom. The lowest BCUT2D eigenvalue weighted by Crippen LogP contribution is -2.61. The number of primary amides is 2. The van der Waals surface area contributed by atoms with Crippen molar-refractivity contribution in [2.24, 2.45) is 23.1 Å². The highest BCUT2D eigenvalue weighted by Gasteiger charge is 2.40. The molecule has 106 heavy (non-hydrogen) atoms. The Kier molecular flexibility index (Phi) is 31.0. The number of fused-ring (bicyclic) bond motifs is 2. The van der Waals surface area contributed by atoms with E-state index in [1.54, 1.807) is 68.6 Å². The van der Waals surface area contributed by atoms with Gasteiger partial charge in [0.15, 0.2) is 5.96 Å². The Hall–Kier alpha value is -11.3. The smallest absolute Gasteiger partial charge is 0.312 e. The second-order valence-corrected chi connectivity index (χ2v) is 27.2. The summed E-state index contributed by atoms with van der Waals surface area (Å²) in [4.78, 5) is 173. The number of aliphatic hydroxyl groups excluding tert-OH is 1. The third-order valence-corrected chi connectivity index (χ3v) is 18.2. The van der Waals surface area contributed by atoms with Crippen molar-refractivity contribution in [2.45, 2.75) is 165 Å². The van der Waals surface area contributed by atoms with Gasteiger partial charge in [-0.05, 0) is 128 Å². The van der Waals surface area contributed by atoms with Crippen LogP contribution in [0.15, 0.2) is 121 Å². The van der Waals surface area contributed by atoms with Gasteiger partial charge in [-0.25, -0.2) is 4.79 Å². The van der Waals surface area contributed by atoms with Gasteiger partial charge in [0.05, 0.1) is 6.61 Å². The number of aromatic hydroxyl groups is 1. The highest BCUT2D eigenvalue weighted by Crippen LogP contribution is 2.24. The second-order valence-electron chi connectivity index (χ2n) is 26.7. The van der Waals surface area contributed by atoms with Gasteiger partial charge in [-0.3, -0.25) is 58.1 Å². The van der Waals surface area contributed by atoms with E-state index in [2.05, 4.69) is 63.5 Å². The summed E-state index contributed by atoms with van der Waals surface area (Å²) in [5.74, 6) is -9.76. The molecule has 1 aromatic heterocycles. The van der Waals surface area contributed by atoms with Gasteiger partial charge in [-0.2, -0.15) is 0 Å². The number of nitrogens with zero attached hydrogens (tertiary/aromatic N) is 1. The van der Waals surface area contributed by atoms with Crippen LogP contribution in [0.25, 0.3) is 21.7 Å². The zero-order valence-corrected chi connectivity index (χ0v) is 60.3. The Bertz CT molecular complexity index is 4100. The number of carbonyl (C=O) groups excluding carboxylic acids is 12. The lowest BCUT2D eigenvalue weighted by atomic mass is 9.99. The average molecular weight is 1480 g/mol. The average Bonchev–Trinajstić information content (AvgIpc) is 1.61. The second kappa shape index (κ2) is 40.1. The number of likely N-dealkylation sites (tertiary alicyclic amines) is 1. The summed E-state index contributed by atoms with van der Waals surface area (Å²) in [6.07, 6.45) is 2.09. The minimum absolute atomic E-state index is 0.00197. The molecule has 0 spiro atoms. The Balaban J connectivity index is 1.15. The van der Waals surface area contributed by atoms with Crippen LogP contribution < -0.4 is 75.7 Å². The van der Waals surface area contributed by atoms with Crippen LogP contribution in [0.1, 0.15) is 101 Å². The van der Waals surface area contributed by atoms with Gasteiger partial charge in [0, 0.05) is 74.4 Å². The van der Waals surface area contributed by atoms with E-state index in [9.17, 15) is 58.2 Å². The van der Waals surface area contributed by atoms with E-state index >= 15 is 9.59 Å². The van der Waals surface area contributed by atoms with Crippen molar-refractivity contribution in [1.29, 1.82) is 5.41 Å². The topological polar surface area (TPSA) is 499 Å². The van der Waals surface area contributed by atoms with Crippen molar-refractivity contribution in [1.82, 2.24) is 68.4 Å². The largest absolute Gasteiger partial charge is 0.508 e. The molecule has 2 heterocycles. The lowest BCUT2D eigenvalue weighted by Gasteiger charge is -2.31. The molecule has 1 aliphatic heterocycles. The van der Waals surface area contributed by atoms with Gasteiger partial charge in [0.2, 0.25) is 65.0 Å². The molecule has 0 radical (unpaired) electrons. The van der Waals surface area contributed by atoms with E-state index < -0.39 is 138 Å². The van der Waals surface area contributed by atoms with Crippen molar-refractivity contribution in [2.75, 3.05) is 26.2 Å². The molecular weight excluding hydrogens is 1390 g/mol. The van der Waals surface area contributed by atoms with Crippen LogP contribution in [0.2, 0.25) is 5.02 Å². The first-order chi connectivity index (χ1) is 50.5. The van der Waals surface area contributed by atoms with Crippen LogP contribution in [0.5, 0.6) is 5.75 Å². The maximum atomic E-state index is 15.0. The summed E-state index contributed by atoms with van der Waals surface area (Å²) in [5, 5.41) is 60.9. The number of H-pyrrole nitrogens is 1. The standard InChI is InChI=1S/C74H96ClN17O14/c1-41(2)33-56(65(98)86-55(17-9-10-30-80-73(77)78)72(105)92-32-12-19-62(92)71(104)83-42(3)63(76)96)87-64(97)54(18-11-31-81-74(79)106)85-67(100)58(36-45-23-28-51(95)29-24-45)89-70(103)61(40-93)91-69(102)60(38-49-39-82-53-16-8-7-15-52(49)53)90-68(101)59(35-44-21-26-50(75)27-22-44)88-66(99)57(84-43(4)94)37-46-20-25-47-13-5-6-14-48(47)34-46/h5-8,13-16,20-29,34,39,41-42,54-62,82,93,95H,9-12,17-19,30-33,35-38,40H2,1-4H3,(H2,76,96)(H,83,104)(H,84,94)(H,85,100)(H,86,98)(H,87,97)(H,88,99)(H,89,103)(H,90,101)(H,91,102)(H4,77,78,80)(H3,79,81,106). The van der Waals surface area contributed by atoms with Crippen LogP contribution >= 0.6 is 11.6 Å². The fourth-order valence-corrected chi connectivity index (χ4v) is 12.5. The first kappa shape index (κ1) is 82.0. The SMILES string of the molecule is CC(=O)NC(Cc1ccc2ccccc2c1)C(=O)NC(Cc1ccc(Cl)cc1)C(=O)NC(Cc1c[nH]c2ccccc12)C(=O)NC(CO)C(=O)NC(Cc1ccc(O)cc1)C(=O)NC(CCCNC(N)=O)C(=O)NC(CC(C)C)C(=O)NC(CCCCNC(=N)N)C(=O)N1CCCC1C(=O)NC(C)C(N)=O. The number of aromatic amines is 1. The molecule has 1 aliphatic rings. The number of nitrogens with one attached hydrogen (secondary N) is 13. The van der Waals surface area contributed by atoms with Gasteiger partial charge < -0.3 is 95.8 Å². The number of nitrogens with two attached hydrogens (primary N) is 3. The monoisotopic (exact) mass is 1480 g/mol. The summed E-state index contributed by atoms with van der Waals surface area (Å²) in [6, 6.07) is 17.5. The summed E-state index contributed by atoms with van der Waals surface area (Å²) in [5.41, 5.74) is 19.1. The first-order valence-electron chi connectivity index (χ1n) is 35.1. The van der Waals surface area contributed by atoms with Crippen LogP contribution in [-0.4, -0.2) is 184 Å². The Morgan fingerprint density at radius 1 is 0.557 bits per heavy atom. The third kappa shape index (κ3) is 25.2. The van der Waals surface area contributed by atoms with Crippen LogP contribution in [-0.2, 0) is 78.4 Å². The number of rotatable bonds is 39. The number of hydrogen-bond acceptors (Lipinski definition) is 15. The Morgan fingerprint density at radius 3 is 1.66 bits per heavy atom. The molecule has 10 unspecified atom stereocenters. The van der Waals surface area contributed by atoms with E-state index in [1.807, 2.05) is 42.5 Å². The van der Waals surface area contributed by atoms with Crippen LogP contribution in [0.3, 0.4) is 0 Å². The first-order valence-corrected chi connectivity index (χ1v) is 35.5. The van der Waals surface area contributed by atoms with Crippen molar-refractivity contribution in [3.63, 3.8) is 0 Å². The van der Waals surface area contributed by atoms with E-state index in [1.165, 1.54) is 43.0 Å². The van der Waals surface area contributed by atoms with Gasteiger partial charge >= 0.3 is 6.03 Å². The molecule has 10 atom stereocenters. The molecule has 31 nitrogen and oxygen atoms in total. The molecule has 32 heteroatoms. The molecule has 568 valence electrons. The highest BCUT2D eigenvalue weighted by atomic mass is 35.5. The number of benzene rings is 5. The minimum atomic E-state index is -1.86. The molecule has 0 bridgehead atoms. The van der Waals surface area contributed by atoms with Gasteiger partial charge in [-0.15, -0.1) is 0 Å². The lowest BCUT2D eigenvalue weighted by molar-refractivity contribution is -0.142. The predicted molar refractivity (Wildman–Crippen MR) is 396 cm³/mol. The number of phenolic OH excluding ortho intramolecular Hbond substituents is 1. The zero-order chi connectivity index (χ0) is 77.1. The summed E-state index contributed by atoms with van der Waals surface area (Å²) in [7, 11) is 0. The quantitative estimate of drug-likeness (QED) is 0.0145. The molecule has 13 amide bonds. The molecule has 1 fully saturated rings. The summed E-state index contributed by atoms with van der Waals surface area (Å²) in [6.45, 7) is 5.40. The van der Waals surface area contributed by atoms with E-state index in [0.717, 1.165) is 10.8 Å². The third-order valence-electron chi connectivity index (χ3n) is 17.9. The maximum absolute atomic E-state index is 15.0. The summed E-state index contributed by atoms with van der Waals surface area (Å²) >= 11 is 6.26.